The number of carbonyl (C=O) groups is 1. The van der Waals surface area contributed by atoms with Gasteiger partial charge in [-0.15, -0.1) is 3.89 Å². The van der Waals surface area contributed by atoms with Gasteiger partial charge in [0.25, 0.3) is 0 Å². The van der Waals surface area contributed by atoms with Crippen LogP contribution in [0.25, 0.3) is 0 Å². The number of carbonyl (C=O) groups excluding carboxylic acids is 1. The van der Waals surface area contributed by atoms with Crippen LogP contribution >= 0.6 is 0 Å². The number of benzene rings is 1. The Bertz CT molecular complexity index is 489. The maximum Gasteiger partial charge on any atom is 0.407 e. The van der Waals surface area contributed by atoms with Crippen molar-refractivity contribution in [2.24, 2.45) is 0 Å². The number of rotatable bonds is 5. The highest BCUT2D eigenvalue weighted by molar-refractivity contribution is 7.86. The van der Waals surface area contributed by atoms with E-state index in [9.17, 15) is 17.1 Å². The van der Waals surface area contributed by atoms with E-state index in [0.29, 0.717) is 0 Å². The van der Waals surface area contributed by atoms with Crippen molar-refractivity contribution in [3.05, 3.63) is 35.9 Å². The molecule has 0 aliphatic heterocycles. The lowest BCUT2D eigenvalue weighted by Crippen LogP contribution is -2.37. The zero-order valence-corrected chi connectivity index (χ0v) is 10.6. The number of nitrogens with one attached hydrogen (secondary N) is 1. The van der Waals surface area contributed by atoms with Gasteiger partial charge in [0.05, 0.1) is 5.75 Å². The van der Waals surface area contributed by atoms with Gasteiger partial charge in [-0.05, 0) is 12.5 Å². The SMILES string of the molecule is C[C@H](CS(=O)(=O)F)NC(=O)OCc1ccccc1. The summed E-state index contributed by atoms with van der Waals surface area (Å²) in [6.45, 7) is 1.45. The molecule has 1 atom stereocenters. The van der Waals surface area contributed by atoms with Crippen LogP contribution < -0.4 is 5.32 Å². The van der Waals surface area contributed by atoms with Crippen LogP contribution in [0.3, 0.4) is 0 Å². The van der Waals surface area contributed by atoms with E-state index in [2.05, 4.69) is 5.32 Å². The molecule has 1 aromatic rings. The van der Waals surface area contributed by atoms with Crippen LogP contribution in [0.15, 0.2) is 30.3 Å². The fraction of sp³-hybridized carbons (Fsp3) is 0.364. The first kappa shape index (κ1) is 14.4. The molecule has 0 radical (unpaired) electrons. The third-order valence-corrected chi connectivity index (χ3v) is 2.92. The minimum absolute atomic E-state index is 0.0712. The highest BCUT2D eigenvalue weighted by Crippen LogP contribution is 2.01. The van der Waals surface area contributed by atoms with Gasteiger partial charge in [0, 0.05) is 6.04 Å². The van der Waals surface area contributed by atoms with Crippen molar-refractivity contribution in [3.63, 3.8) is 0 Å². The zero-order chi connectivity index (χ0) is 13.6. The second-order valence-electron chi connectivity index (χ2n) is 3.81. The molecule has 1 rings (SSSR count). The molecule has 0 saturated heterocycles. The Morgan fingerprint density at radius 3 is 2.56 bits per heavy atom. The zero-order valence-electron chi connectivity index (χ0n) is 9.80. The van der Waals surface area contributed by atoms with Crippen molar-refractivity contribution in [1.29, 1.82) is 0 Å². The molecule has 0 fully saturated rings. The third-order valence-electron chi connectivity index (χ3n) is 2.03. The molecule has 0 heterocycles. The first-order chi connectivity index (χ1) is 8.37. The van der Waals surface area contributed by atoms with Gasteiger partial charge >= 0.3 is 16.3 Å². The fourth-order valence-electron chi connectivity index (χ4n) is 1.31. The maximum absolute atomic E-state index is 12.3. The van der Waals surface area contributed by atoms with E-state index in [1.807, 2.05) is 6.07 Å². The monoisotopic (exact) mass is 275 g/mol. The van der Waals surface area contributed by atoms with Crippen molar-refractivity contribution in [1.82, 2.24) is 5.32 Å². The summed E-state index contributed by atoms with van der Waals surface area (Å²) in [4.78, 5) is 11.3. The molecule has 18 heavy (non-hydrogen) atoms. The molecule has 0 aliphatic rings. The first-order valence-electron chi connectivity index (χ1n) is 5.26. The molecule has 0 bridgehead atoms. The summed E-state index contributed by atoms with van der Waals surface area (Å²) in [5.41, 5.74) is 0.804. The van der Waals surface area contributed by atoms with E-state index in [0.717, 1.165) is 5.56 Å². The number of hydrogen-bond donors (Lipinski definition) is 1. The average Bonchev–Trinajstić information content (AvgIpc) is 2.25. The molecule has 0 unspecified atom stereocenters. The largest absolute Gasteiger partial charge is 0.445 e. The van der Waals surface area contributed by atoms with Crippen molar-refractivity contribution in [2.45, 2.75) is 19.6 Å². The Morgan fingerprint density at radius 1 is 1.39 bits per heavy atom. The van der Waals surface area contributed by atoms with Crippen molar-refractivity contribution >= 4 is 16.3 Å². The van der Waals surface area contributed by atoms with E-state index in [4.69, 9.17) is 4.74 Å². The van der Waals surface area contributed by atoms with E-state index in [-0.39, 0.29) is 6.61 Å². The number of alkyl carbamates (subject to hydrolysis) is 1. The molecule has 7 heteroatoms. The predicted molar refractivity (Wildman–Crippen MR) is 64.1 cm³/mol. The quantitative estimate of drug-likeness (QED) is 0.828. The molecule has 5 nitrogen and oxygen atoms in total. The second-order valence-corrected chi connectivity index (χ2v) is 5.22. The lowest BCUT2D eigenvalue weighted by molar-refractivity contribution is 0.137. The van der Waals surface area contributed by atoms with Gasteiger partial charge in [0.1, 0.15) is 6.61 Å². The van der Waals surface area contributed by atoms with Crippen LogP contribution in [-0.2, 0) is 21.6 Å². The Kier molecular flexibility index (Phi) is 5.08. The highest BCUT2D eigenvalue weighted by atomic mass is 32.3. The molecule has 0 saturated carbocycles. The number of ether oxygens (including phenoxy) is 1. The fourth-order valence-corrected chi connectivity index (χ4v) is 1.99. The Hall–Kier alpha value is -1.63. The normalized spacial score (nSPS) is 12.8. The van der Waals surface area contributed by atoms with Crippen molar-refractivity contribution in [2.75, 3.05) is 5.75 Å². The van der Waals surface area contributed by atoms with Crippen LogP contribution in [0, 0.1) is 0 Å². The summed E-state index contributed by atoms with van der Waals surface area (Å²) in [7, 11) is -4.61. The average molecular weight is 275 g/mol. The molecule has 100 valence electrons. The summed E-state index contributed by atoms with van der Waals surface area (Å²) in [5, 5.41) is 2.23. The Balaban J connectivity index is 2.34. The molecule has 1 amide bonds. The Morgan fingerprint density at radius 2 is 2.00 bits per heavy atom. The molecule has 0 aromatic heterocycles. The van der Waals surface area contributed by atoms with Crippen molar-refractivity contribution < 1.29 is 21.8 Å². The van der Waals surface area contributed by atoms with E-state index >= 15 is 0 Å². The van der Waals surface area contributed by atoms with Gasteiger partial charge in [0.15, 0.2) is 0 Å². The predicted octanol–water partition coefficient (Wildman–Crippen LogP) is 1.60. The minimum atomic E-state index is -4.61. The van der Waals surface area contributed by atoms with Crippen LogP contribution in [-0.4, -0.2) is 26.3 Å². The summed E-state index contributed by atoms with van der Waals surface area (Å²) in [6, 6.07) is 8.15. The molecule has 0 aliphatic carbocycles. The smallest absolute Gasteiger partial charge is 0.407 e. The van der Waals surface area contributed by atoms with Crippen LogP contribution in [0.5, 0.6) is 0 Å². The number of amides is 1. The van der Waals surface area contributed by atoms with Crippen LogP contribution in [0.4, 0.5) is 8.68 Å². The molecular formula is C11H14FNO4S. The number of hydrogen-bond acceptors (Lipinski definition) is 4. The molecule has 1 aromatic carbocycles. The number of halogens is 1. The minimum Gasteiger partial charge on any atom is -0.445 e. The van der Waals surface area contributed by atoms with Gasteiger partial charge in [-0.25, -0.2) is 4.79 Å². The van der Waals surface area contributed by atoms with Gasteiger partial charge in [0.2, 0.25) is 0 Å². The molecule has 1 N–H and O–H groups in total. The lowest BCUT2D eigenvalue weighted by atomic mass is 10.2. The van der Waals surface area contributed by atoms with E-state index in [1.165, 1.54) is 6.92 Å². The van der Waals surface area contributed by atoms with E-state index < -0.39 is 28.1 Å². The topological polar surface area (TPSA) is 72.5 Å². The molecular weight excluding hydrogens is 261 g/mol. The lowest BCUT2D eigenvalue weighted by Gasteiger charge is -2.11. The summed E-state index contributed by atoms with van der Waals surface area (Å²) >= 11 is 0. The van der Waals surface area contributed by atoms with Crippen molar-refractivity contribution in [3.8, 4) is 0 Å². The standard InChI is InChI=1S/C11H14FNO4S/c1-9(8-18(12,15)16)13-11(14)17-7-10-5-3-2-4-6-10/h2-6,9H,7-8H2,1H3,(H,13,14)/t9-/m1/s1. The summed E-state index contributed by atoms with van der Waals surface area (Å²) in [6.07, 6.45) is -0.782. The third kappa shape index (κ3) is 6.19. The summed E-state index contributed by atoms with van der Waals surface area (Å²) in [5.74, 6) is -0.770. The van der Waals surface area contributed by atoms with Gasteiger partial charge < -0.3 is 10.1 Å². The molecule has 0 spiro atoms. The van der Waals surface area contributed by atoms with Gasteiger partial charge in [-0.3, -0.25) is 0 Å². The second kappa shape index (κ2) is 6.34. The highest BCUT2D eigenvalue weighted by Gasteiger charge is 2.16. The Labute approximate surface area is 105 Å². The van der Waals surface area contributed by atoms with Crippen LogP contribution in [0.2, 0.25) is 0 Å². The van der Waals surface area contributed by atoms with Gasteiger partial charge in [-0.1, -0.05) is 30.3 Å². The van der Waals surface area contributed by atoms with Crippen LogP contribution in [0.1, 0.15) is 12.5 Å². The van der Waals surface area contributed by atoms with Gasteiger partial charge in [-0.2, -0.15) is 8.42 Å². The maximum atomic E-state index is 12.3. The first-order valence-corrected chi connectivity index (χ1v) is 6.81. The van der Waals surface area contributed by atoms with E-state index in [1.54, 1.807) is 24.3 Å². The summed E-state index contributed by atoms with van der Waals surface area (Å²) < 4.78 is 37.9.